The van der Waals surface area contributed by atoms with Gasteiger partial charge in [-0.05, 0) is 53.6 Å². The highest BCUT2D eigenvalue weighted by molar-refractivity contribution is 6.20. The molecule has 3 heterocycles. The van der Waals surface area contributed by atoms with Gasteiger partial charge in [-0.2, -0.15) is 0 Å². The molecule has 0 fully saturated rings. The first-order valence-corrected chi connectivity index (χ1v) is 14.8. The molecule has 0 saturated heterocycles. The Bertz CT molecular complexity index is 2490. The maximum atomic E-state index is 6.46. The summed E-state index contributed by atoms with van der Waals surface area (Å²) in [5.41, 5.74) is 11.0. The Kier molecular flexibility index (Phi) is 5.47. The zero-order valence-electron chi connectivity index (χ0n) is 23.7. The molecule has 0 aliphatic carbocycles. The van der Waals surface area contributed by atoms with Crippen molar-refractivity contribution in [1.82, 2.24) is 14.5 Å². The molecule has 9 rings (SSSR count). The van der Waals surface area contributed by atoms with E-state index >= 15 is 0 Å². The van der Waals surface area contributed by atoms with Crippen LogP contribution in [0.3, 0.4) is 0 Å². The lowest BCUT2D eigenvalue weighted by Crippen LogP contribution is -1.97. The Hall–Kier alpha value is -6.00. The van der Waals surface area contributed by atoms with Crippen molar-refractivity contribution in [3.63, 3.8) is 0 Å². The number of rotatable bonds is 4. The summed E-state index contributed by atoms with van der Waals surface area (Å²) >= 11 is 0. The van der Waals surface area contributed by atoms with Crippen LogP contribution in [0, 0.1) is 0 Å². The quantitative estimate of drug-likeness (QED) is 0.214. The van der Waals surface area contributed by atoms with E-state index in [1.54, 1.807) is 0 Å². The number of pyridine rings is 1. The number of nitrogens with zero attached hydrogens (tertiary/aromatic N) is 3. The molecule has 0 unspecified atom stereocenters. The molecule has 9 aromatic rings. The van der Waals surface area contributed by atoms with Crippen LogP contribution in [0.2, 0.25) is 0 Å². The minimum atomic E-state index is 0.817. The SMILES string of the molecule is c1ccc(-c2nc3ccccc3n2-c2ccc(-c3cccc(-c4nc5ccccc5c5c4oc4ccccc45)c3)cc2)cc1. The molecule has 0 bridgehead atoms. The van der Waals surface area contributed by atoms with Gasteiger partial charge in [0.15, 0.2) is 5.58 Å². The molecule has 0 radical (unpaired) electrons. The monoisotopic (exact) mass is 563 g/mol. The predicted molar refractivity (Wildman–Crippen MR) is 180 cm³/mol. The second-order valence-corrected chi connectivity index (χ2v) is 11.0. The van der Waals surface area contributed by atoms with Gasteiger partial charge in [-0.1, -0.05) is 109 Å². The lowest BCUT2D eigenvalue weighted by Gasteiger charge is -2.12. The molecule has 0 saturated carbocycles. The van der Waals surface area contributed by atoms with E-state index in [1.165, 1.54) is 0 Å². The average molecular weight is 564 g/mol. The summed E-state index contributed by atoms with van der Waals surface area (Å²) in [4.78, 5) is 10.1. The van der Waals surface area contributed by atoms with Gasteiger partial charge in [0.2, 0.25) is 0 Å². The molecule has 0 aliphatic heterocycles. The summed E-state index contributed by atoms with van der Waals surface area (Å²) in [7, 11) is 0. The predicted octanol–water partition coefficient (Wildman–Crippen LogP) is 10.5. The van der Waals surface area contributed by atoms with Crippen molar-refractivity contribution in [2.45, 2.75) is 0 Å². The molecule has 0 spiro atoms. The molecule has 4 nitrogen and oxygen atoms in total. The fraction of sp³-hybridized carbons (Fsp3) is 0. The lowest BCUT2D eigenvalue weighted by atomic mass is 9.99. The lowest BCUT2D eigenvalue weighted by molar-refractivity contribution is 0.669. The number of hydrogen-bond acceptors (Lipinski definition) is 3. The van der Waals surface area contributed by atoms with E-state index in [-0.39, 0.29) is 0 Å². The molecule has 0 atom stereocenters. The zero-order chi connectivity index (χ0) is 29.0. The van der Waals surface area contributed by atoms with Gasteiger partial charge in [-0.15, -0.1) is 0 Å². The number of benzene rings is 6. The van der Waals surface area contributed by atoms with Crippen molar-refractivity contribution in [2.75, 3.05) is 0 Å². The number of fused-ring (bicyclic) bond motifs is 6. The van der Waals surface area contributed by atoms with E-state index in [1.807, 2.05) is 30.3 Å². The smallest absolute Gasteiger partial charge is 0.162 e. The largest absolute Gasteiger partial charge is 0.454 e. The molecule has 0 aliphatic rings. The van der Waals surface area contributed by atoms with Gasteiger partial charge in [0.1, 0.15) is 17.1 Å². The van der Waals surface area contributed by atoms with E-state index in [0.29, 0.717) is 0 Å². The summed E-state index contributed by atoms with van der Waals surface area (Å²) in [6, 6.07) is 52.5. The van der Waals surface area contributed by atoms with Gasteiger partial charge in [-0.3, -0.25) is 4.57 Å². The molecule has 6 aromatic carbocycles. The van der Waals surface area contributed by atoms with E-state index in [4.69, 9.17) is 14.4 Å². The second-order valence-electron chi connectivity index (χ2n) is 11.0. The Morgan fingerprint density at radius 3 is 2.02 bits per heavy atom. The van der Waals surface area contributed by atoms with E-state index < -0.39 is 0 Å². The Morgan fingerprint density at radius 1 is 0.477 bits per heavy atom. The van der Waals surface area contributed by atoms with Gasteiger partial charge in [-0.25, -0.2) is 9.97 Å². The summed E-state index contributed by atoms with van der Waals surface area (Å²) < 4.78 is 8.70. The third kappa shape index (κ3) is 3.85. The van der Waals surface area contributed by atoms with E-state index in [2.05, 4.69) is 126 Å². The Morgan fingerprint density at radius 2 is 1.16 bits per heavy atom. The fourth-order valence-electron chi connectivity index (χ4n) is 6.35. The maximum Gasteiger partial charge on any atom is 0.162 e. The highest BCUT2D eigenvalue weighted by Gasteiger charge is 2.18. The number of aromatic nitrogens is 3. The Balaban J connectivity index is 1.17. The molecule has 0 amide bonds. The van der Waals surface area contributed by atoms with Crippen molar-refractivity contribution in [3.8, 4) is 39.5 Å². The van der Waals surface area contributed by atoms with Crippen LogP contribution in [0.15, 0.2) is 156 Å². The average Bonchev–Trinajstić information content (AvgIpc) is 3.68. The minimum absolute atomic E-state index is 0.817. The van der Waals surface area contributed by atoms with Crippen molar-refractivity contribution in [1.29, 1.82) is 0 Å². The molecule has 206 valence electrons. The highest BCUT2D eigenvalue weighted by atomic mass is 16.3. The first-order chi connectivity index (χ1) is 21.8. The van der Waals surface area contributed by atoms with Crippen LogP contribution >= 0.6 is 0 Å². The number of furan rings is 1. The van der Waals surface area contributed by atoms with Crippen LogP contribution in [-0.2, 0) is 0 Å². The van der Waals surface area contributed by atoms with Gasteiger partial charge >= 0.3 is 0 Å². The molecule has 44 heavy (non-hydrogen) atoms. The molecular weight excluding hydrogens is 538 g/mol. The topological polar surface area (TPSA) is 43.9 Å². The minimum Gasteiger partial charge on any atom is -0.454 e. The Labute approximate surface area is 253 Å². The number of imidazole rings is 1. The van der Waals surface area contributed by atoms with Crippen molar-refractivity contribution in [2.24, 2.45) is 0 Å². The van der Waals surface area contributed by atoms with Crippen LogP contribution in [0.5, 0.6) is 0 Å². The third-order valence-corrected chi connectivity index (χ3v) is 8.40. The maximum absolute atomic E-state index is 6.46. The first kappa shape index (κ1) is 24.6. The van der Waals surface area contributed by atoms with Crippen molar-refractivity contribution >= 4 is 43.9 Å². The van der Waals surface area contributed by atoms with Crippen LogP contribution in [0.1, 0.15) is 0 Å². The highest BCUT2D eigenvalue weighted by Crippen LogP contribution is 2.40. The first-order valence-electron chi connectivity index (χ1n) is 14.8. The summed E-state index contributed by atoms with van der Waals surface area (Å²) in [5, 5.41) is 3.32. The normalized spacial score (nSPS) is 11.6. The molecule has 3 aromatic heterocycles. The fourth-order valence-corrected chi connectivity index (χ4v) is 6.35. The van der Waals surface area contributed by atoms with Gasteiger partial charge < -0.3 is 4.42 Å². The summed E-state index contributed by atoms with van der Waals surface area (Å²) in [5.74, 6) is 0.929. The number of para-hydroxylation sites is 4. The summed E-state index contributed by atoms with van der Waals surface area (Å²) in [6.07, 6.45) is 0. The van der Waals surface area contributed by atoms with Crippen molar-refractivity contribution < 1.29 is 4.42 Å². The van der Waals surface area contributed by atoms with Crippen LogP contribution < -0.4 is 0 Å². The van der Waals surface area contributed by atoms with Crippen LogP contribution in [0.4, 0.5) is 0 Å². The molecule has 4 heteroatoms. The third-order valence-electron chi connectivity index (χ3n) is 8.40. The van der Waals surface area contributed by atoms with Crippen LogP contribution in [-0.4, -0.2) is 14.5 Å². The van der Waals surface area contributed by atoms with Gasteiger partial charge in [0, 0.05) is 33.0 Å². The van der Waals surface area contributed by atoms with E-state index in [0.717, 1.165) is 83.3 Å². The zero-order valence-corrected chi connectivity index (χ0v) is 23.7. The molecule has 0 N–H and O–H groups in total. The van der Waals surface area contributed by atoms with Crippen LogP contribution in [0.25, 0.3) is 83.3 Å². The second kappa shape index (κ2) is 9.79. The van der Waals surface area contributed by atoms with Gasteiger partial charge in [0.05, 0.1) is 16.6 Å². The van der Waals surface area contributed by atoms with Crippen molar-refractivity contribution in [3.05, 3.63) is 152 Å². The van der Waals surface area contributed by atoms with E-state index in [9.17, 15) is 0 Å². The molecular formula is C40H25N3O. The standard InChI is InChI=1S/C40H25N3O/c1-2-11-27(12-3-1)40-42-34-18-7-8-19-35(34)43(40)30-23-21-26(22-24-30)28-13-10-14-29(25-28)38-39-37(31-15-4-6-17-33(31)41-38)32-16-5-9-20-36(32)44-39/h1-25H. The summed E-state index contributed by atoms with van der Waals surface area (Å²) in [6.45, 7) is 0. The van der Waals surface area contributed by atoms with Gasteiger partial charge in [0.25, 0.3) is 0 Å². The number of hydrogen-bond donors (Lipinski definition) is 0.